The van der Waals surface area contributed by atoms with Crippen molar-refractivity contribution in [3.05, 3.63) is 72.9 Å². The van der Waals surface area contributed by atoms with Crippen LogP contribution in [0.1, 0.15) is 206 Å². The second kappa shape index (κ2) is 44.7. The number of unbranched alkanes of at least 4 members (excludes halogenated alkanes) is 20. The highest BCUT2D eigenvalue weighted by atomic mass is 16.6. The van der Waals surface area contributed by atoms with E-state index in [0.29, 0.717) is 12.8 Å². The summed E-state index contributed by atoms with van der Waals surface area (Å²) in [5, 5.41) is 9.58. The Labute approximate surface area is 333 Å². The predicted octanol–water partition coefficient (Wildman–Crippen LogP) is 14.5. The molecule has 1 N–H and O–H groups in total. The third-order valence-electron chi connectivity index (χ3n) is 9.49. The highest BCUT2D eigenvalue weighted by Crippen LogP contribution is 2.14. The van der Waals surface area contributed by atoms with Crippen molar-refractivity contribution in [2.45, 2.75) is 213 Å². The van der Waals surface area contributed by atoms with Crippen molar-refractivity contribution >= 4 is 11.9 Å². The second-order valence-corrected chi connectivity index (χ2v) is 14.8. The monoisotopic (exact) mass is 753 g/mol. The SMILES string of the molecule is CCCCCC=CCC=CCC=CCC=CCC=CCCC(=O)O[C@@H](CO)COC(=O)CCCCCCCCCCCCCC=CCCCCCCCC. The van der Waals surface area contributed by atoms with Crippen LogP contribution in [0.5, 0.6) is 0 Å². The first-order valence-corrected chi connectivity index (χ1v) is 22.5. The molecule has 0 aliphatic heterocycles. The molecule has 0 saturated carbocycles. The van der Waals surface area contributed by atoms with Crippen molar-refractivity contribution in [3.63, 3.8) is 0 Å². The van der Waals surface area contributed by atoms with Crippen LogP contribution in [0.15, 0.2) is 72.9 Å². The van der Waals surface area contributed by atoms with E-state index in [1.165, 1.54) is 128 Å². The maximum absolute atomic E-state index is 12.2. The number of aliphatic hydroxyl groups excluding tert-OH is 1. The summed E-state index contributed by atoms with van der Waals surface area (Å²) in [7, 11) is 0. The lowest BCUT2D eigenvalue weighted by molar-refractivity contribution is -0.161. The first-order chi connectivity index (χ1) is 26.6. The molecule has 310 valence electrons. The van der Waals surface area contributed by atoms with E-state index in [1.807, 2.05) is 12.2 Å². The van der Waals surface area contributed by atoms with Gasteiger partial charge in [0.15, 0.2) is 6.10 Å². The number of aliphatic hydroxyl groups is 1. The molecule has 0 aromatic rings. The van der Waals surface area contributed by atoms with Crippen LogP contribution in [0.25, 0.3) is 0 Å². The average Bonchev–Trinajstić information content (AvgIpc) is 3.17. The molecule has 0 aliphatic carbocycles. The molecule has 0 radical (unpaired) electrons. The van der Waals surface area contributed by atoms with Gasteiger partial charge in [0, 0.05) is 12.8 Å². The topological polar surface area (TPSA) is 72.8 Å². The van der Waals surface area contributed by atoms with Crippen LogP contribution in [0.3, 0.4) is 0 Å². The standard InChI is InChI=1S/C49H84O5/c1-3-5-7-9-11-13-15-17-19-21-23-24-26-27-29-31-33-35-37-39-41-43-48(51)53-46-47(45-50)54-49(52)44-42-40-38-36-34-32-30-28-25-22-20-18-16-14-12-10-8-6-4-2/h12,14,17-20,25,28,32,34,38,40,47,50H,3-11,13,15-16,21-24,26-27,29-31,33,35-37,39,41-46H2,1-2H3/t47-/m0/s1. The Morgan fingerprint density at radius 3 is 1.24 bits per heavy atom. The Balaban J connectivity index is 3.64. The van der Waals surface area contributed by atoms with Crippen molar-refractivity contribution < 1.29 is 24.2 Å². The zero-order valence-electron chi connectivity index (χ0n) is 35.2. The Bertz CT molecular complexity index is 988. The number of hydrogen-bond donors (Lipinski definition) is 1. The highest BCUT2D eigenvalue weighted by molar-refractivity contribution is 5.70. The number of rotatable bonds is 40. The van der Waals surface area contributed by atoms with Crippen LogP contribution in [0.2, 0.25) is 0 Å². The second-order valence-electron chi connectivity index (χ2n) is 14.8. The summed E-state index contributed by atoms with van der Waals surface area (Å²) in [4.78, 5) is 24.3. The number of carbonyl (C=O) groups excluding carboxylic acids is 2. The van der Waals surface area contributed by atoms with Crippen molar-refractivity contribution in [1.82, 2.24) is 0 Å². The summed E-state index contributed by atoms with van der Waals surface area (Å²) in [6.07, 6.45) is 59.8. The fraction of sp³-hybridized carbons (Fsp3) is 0.714. The fourth-order valence-corrected chi connectivity index (χ4v) is 6.06. The van der Waals surface area contributed by atoms with Crippen molar-refractivity contribution in [3.8, 4) is 0 Å². The average molecular weight is 753 g/mol. The minimum absolute atomic E-state index is 0.0983. The summed E-state index contributed by atoms with van der Waals surface area (Å²) in [5.74, 6) is -0.688. The zero-order valence-corrected chi connectivity index (χ0v) is 35.2. The van der Waals surface area contributed by atoms with E-state index < -0.39 is 12.1 Å². The first kappa shape index (κ1) is 51.3. The third-order valence-corrected chi connectivity index (χ3v) is 9.49. The fourth-order valence-electron chi connectivity index (χ4n) is 6.06. The van der Waals surface area contributed by atoms with Crippen LogP contribution >= 0.6 is 0 Å². The van der Waals surface area contributed by atoms with Gasteiger partial charge in [-0.05, 0) is 77.0 Å². The summed E-state index contributed by atoms with van der Waals surface area (Å²) in [6.45, 7) is 4.05. The van der Waals surface area contributed by atoms with Crippen molar-refractivity contribution in [1.29, 1.82) is 0 Å². The summed E-state index contributed by atoms with van der Waals surface area (Å²) in [5.41, 5.74) is 0. The molecule has 0 fully saturated rings. The number of hydrogen-bond acceptors (Lipinski definition) is 5. The molecular formula is C49H84O5. The lowest BCUT2D eigenvalue weighted by atomic mass is 10.0. The number of allylic oxidation sites excluding steroid dienone is 12. The van der Waals surface area contributed by atoms with Gasteiger partial charge in [-0.15, -0.1) is 0 Å². The quantitative estimate of drug-likeness (QED) is 0.0383. The van der Waals surface area contributed by atoms with Crippen LogP contribution < -0.4 is 0 Å². The van der Waals surface area contributed by atoms with Crippen LogP contribution in [0, 0.1) is 0 Å². The molecule has 1 atom stereocenters. The molecule has 0 aromatic heterocycles. The van der Waals surface area contributed by atoms with Gasteiger partial charge in [-0.2, -0.15) is 0 Å². The van der Waals surface area contributed by atoms with Gasteiger partial charge in [-0.3, -0.25) is 9.59 Å². The molecule has 5 heteroatoms. The number of ether oxygens (including phenoxy) is 2. The van der Waals surface area contributed by atoms with E-state index in [0.717, 1.165) is 44.9 Å². The van der Waals surface area contributed by atoms with Gasteiger partial charge in [0.1, 0.15) is 6.61 Å². The highest BCUT2D eigenvalue weighted by Gasteiger charge is 2.15. The van der Waals surface area contributed by atoms with E-state index in [-0.39, 0.29) is 25.6 Å². The summed E-state index contributed by atoms with van der Waals surface area (Å²) < 4.78 is 10.6. The summed E-state index contributed by atoms with van der Waals surface area (Å²) in [6, 6.07) is 0. The van der Waals surface area contributed by atoms with Gasteiger partial charge >= 0.3 is 11.9 Å². The molecule has 0 aliphatic rings. The van der Waals surface area contributed by atoms with Crippen LogP contribution in [0.4, 0.5) is 0 Å². The van der Waals surface area contributed by atoms with E-state index in [4.69, 9.17) is 9.47 Å². The normalized spacial score (nSPS) is 12.9. The van der Waals surface area contributed by atoms with E-state index >= 15 is 0 Å². The minimum atomic E-state index is -0.814. The molecule has 0 unspecified atom stereocenters. The predicted molar refractivity (Wildman–Crippen MR) is 233 cm³/mol. The van der Waals surface area contributed by atoms with Crippen LogP contribution in [-0.2, 0) is 19.1 Å². The van der Waals surface area contributed by atoms with Gasteiger partial charge in [-0.25, -0.2) is 0 Å². The Morgan fingerprint density at radius 2 is 0.778 bits per heavy atom. The Kier molecular flexibility index (Phi) is 42.5. The third kappa shape index (κ3) is 42.1. The number of carbonyl (C=O) groups is 2. The zero-order chi connectivity index (χ0) is 39.3. The summed E-state index contributed by atoms with van der Waals surface area (Å²) >= 11 is 0. The molecule has 54 heavy (non-hydrogen) atoms. The van der Waals surface area contributed by atoms with Gasteiger partial charge in [-0.1, -0.05) is 189 Å². The molecule has 0 saturated heterocycles. The molecule has 0 heterocycles. The number of esters is 2. The maximum Gasteiger partial charge on any atom is 0.306 e. The lowest BCUT2D eigenvalue weighted by Gasteiger charge is -2.15. The molecule has 0 spiro atoms. The van der Waals surface area contributed by atoms with Gasteiger partial charge in [0.25, 0.3) is 0 Å². The lowest BCUT2D eigenvalue weighted by Crippen LogP contribution is -2.28. The molecule has 0 aromatic carbocycles. The van der Waals surface area contributed by atoms with Gasteiger partial charge in [0.2, 0.25) is 0 Å². The molecule has 0 rings (SSSR count). The molecular weight excluding hydrogens is 669 g/mol. The minimum Gasteiger partial charge on any atom is -0.462 e. The van der Waals surface area contributed by atoms with Crippen molar-refractivity contribution in [2.75, 3.05) is 13.2 Å². The van der Waals surface area contributed by atoms with Gasteiger partial charge < -0.3 is 14.6 Å². The Morgan fingerprint density at radius 1 is 0.426 bits per heavy atom. The van der Waals surface area contributed by atoms with Crippen molar-refractivity contribution in [2.24, 2.45) is 0 Å². The van der Waals surface area contributed by atoms with Crippen LogP contribution in [-0.4, -0.2) is 36.4 Å². The van der Waals surface area contributed by atoms with E-state index in [2.05, 4.69) is 74.6 Å². The largest absolute Gasteiger partial charge is 0.462 e. The first-order valence-electron chi connectivity index (χ1n) is 22.5. The molecule has 5 nitrogen and oxygen atoms in total. The van der Waals surface area contributed by atoms with Gasteiger partial charge in [0.05, 0.1) is 6.61 Å². The molecule has 0 bridgehead atoms. The maximum atomic E-state index is 12.2. The smallest absolute Gasteiger partial charge is 0.306 e. The van der Waals surface area contributed by atoms with E-state index in [9.17, 15) is 14.7 Å². The Hall–Kier alpha value is -2.66. The van der Waals surface area contributed by atoms with E-state index in [1.54, 1.807) is 0 Å². The molecule has 0 amide bonds.